The Bertz CT molecular complexity index is 152. The van der Waals surface area contributed by atoms with E-state index in [1.165, 1.54) is 0 Å². The average molecular weight is 157 g/mol. The van der Waals surface area contributed by atoms with Crippen molar-refractivity contribution in [3.63, 3.8) is 0 Å². The van der Waals surface area contributed by atoms with Crippen LogP contribution in [0.3, 0.4) is 0 Å². The predicted octanol–water partition coefficient (Wildman–Crippen LogP) is 0.549. The van der Waals surface area contributed by atoms with Gasteiger partial charge in [0, 0.05) is 6.54 Å². The van der Waals surface area contributed by atoms with Crippen LogP contribution in [0.25, 0.3) is 0 Å². The molecule has 1 saturated carbocycles. The first-order valence-corrected chi connectivity index (χ1v) is 4.07. The zero-order valence-electron chi connectivity index (χ0n) is 7.14. The van der Waals surface area contributed by atoms with Gasteiger partial charge in [-0.3, -0.25) is 4.79 Å². The molecular weight excluding hydrogens is 142 g/mol. The summed E-state index contributed by atoms with van der Waals surface area (Å²) in [5.41, 5.74) is -0.162. The third kappa shape index (κ3) is 1.71. The summed E-state index contributed by atoms with van der Waals surface area (Å²) in [6.45, 7) is 3.09. The van der Waals surface area contributed by atoms with Gasteiger partial charge in [0.1, 0.15) is 0 Å². The predicted molar refractivity (Wildman–Crippen MR) is 42.2 cm³/mol. The number of esters is 1. The van der Waals surface area contributed by atoms with E-state index in [2.05, 4.69) is 5.32 Å². The molecule has 0 bridgehead atoms. The fourth-order valence-electron chi connectivity index (χ4n) is 1.23. The highest BCUT2D eigenvalue weighted by molar-refractivity contribution is 5.80. The maximum absolute atomic E-state index is 11.3. The summed E-state index contributed by atoms with van der Waals surface area (Å²) in [6, 6.07) is 0. The minimum Gasteiger partial charge on any atom is -0.466 e. The van der Waals surface area contributed by atoms with Crippen LogP contribution < -0.4 is 5.32 Å². The minimum absolute atomic E-state index is 0.0330. The number of nitrogens with one attached hydrogen (secondary N) is 1. The van der Waals surface area contributed by atoms with E-state index in [-0.39, 0.29) is 11.4 Å². The summed E-state index contributed by atoms with van der Waals surface area (Å²) >= 11 is 0. The molecule has 11 heavy (non-hydrogen) atoms. The molecule has 0 aromatic rings. The number of hydrogen-bond donors (Lipinski definition) is 1. The Hall–Kier alpha value is -0.570. The molecule has 0 heterocycles. The van der Waals surface area contributed by atoms with Crippen LogP contribution in [0.1, 0.15) is 19.8 Å². The van der Waals surface area contributed by atoms with Gasteiger partial charge in [-0.15, -0.1) is 0 Å². The molecule has 1 aliphatic carbocycles. The van der Waals surface area contributed by atoms with Crippen molar-refractivity contribution >= 4 is 5.97 Å². The van der Waals surface area contributed by atoms with Gasteiger partial charge >= 0.3 is 5.97 Å². The SMILES string of the molecule is CCOC(=O)C1(CNC)CC1. The zero-order valence-corrected chi connectivity index (χ0v) is 7.14. The third-order valence-electron chi connectivity index (χ3n) is 2.08. The summed E-state index contributed by atoms with van der Waals surface area (Å²) in [5, 5.41) is 3.01. The number of carbonyl (C=O) groups is 1. The van der Waals surface area contributed by atoms with Crippen LogP contribution in [0.15, 0.2) is 0 Å². The van der Waals surface area contributed by atoms with Crippen LogP contribution in [0.5, 0.6) is 0 Å². The highest BCUT2D eigenvalue weighted by atomic mass is 16.5. The topological polar surface area (TPSA) is 38.3 Å². The smallest absolute Gasteiger partial charge is 0.313 e. The second-order valence-corrected chi connectivity index (χ2v) is 3.03. The van der Waals surface area contributed by atoms with E-state index in [1.807, 2.05) is 14.0 Å². The van der Waals surface area contributed by atoms with Crippen LogP contribution >= 0.6 is 0 Å². The summed E-state index contributed by atoms with van der Waals surface area (Å²) in [7, 11) is 1.86. The molecule has 1 N–H and O–H groups in total. The van der Waals surface area contributed by atoms with E-state index in [0.29, 0.717) is 6.61 Å². The summed E-state index contributed by atoms with van der Waals surface area (Å²) < 4.78 is 4.94. The lowest BCUT2D eigenvalue weighted by Crippen LogP contribution is -2.29. The molecule has 0 unspecified atom stereocenters. The fraction of sp³-hybridized carbons (Fsp3) is 0.875. The van der Waals surface area contributed by atoms with Crippen LogP contribution in [-0.2, 0) is 9.53 Å². The standard InChI is InChI=1S/C8H15NO2/c1-3-11-7(10)8(4-5-8)6-9-2/h9H,3-6H2,1-2H3. The van der Waals surface area contributed by atoms with Gasteiger partial charge in [0.2, 0.25) is 0 Å². The van der Waals surface area contributed by atoms with Gasteiger partial charge in [0.25, 0.3) is 0 Å². The second kappa shape index (κ2) is 3.22. The molecule has 0 spiro atoms. The van der Waals surface area contributed by atoms with Gasteiger partial charge in [0.15, 0.2) is 0 Å². The quantitative estimate of drug-likeness (QED) is 0.606. The normalized spacial score (nSPS) is 19.5. The Kier molecular flexibility index (Phi) is 2.49. The Morgan fingerprint density at radius 3 is 2.64 bits per heavy atom. The Morgan fingerprint density at radius 2 is 2.27 bits per heavy atom. The largest absolute Gasteiger partial charge is 0.466 e. The molecule has 1 rings (SSSR count). The Morgan fingerprint density at radius 1 is 1.64 bits per heavy atom. The van der Waals surface area contributed by atoms with Crippen LogP contribution in [0.4, 0.5) is 0 Å². The van der Waals surface area contributed by atoms with E-state index in [9.17, 15) is 4.79 Å². The maximum atomic E-state index is 11.3. The van der Waals surface area contributed by atoms with Gasteiger partial charge in [-0.05, 0) is 26.8 Å². The van der Waals surface area contributed by atoms with Crippen molar-refractivity contribution in [2.45, 2.75) is 19.8 Å². The van der Waals surface area contributed by atoms with E-state index < -0.39 is 0 Å². The Labute approximate surface area is 67.1 Å². The van der Waals surface area contributed by atoms with Crippen molar-refractivity contribution in [1.29, 1.82) is 0 Å². The molecule has 0 saturated heterocycles. The number of rotatable bonds is 4. The van der Waals surface area contributed by atoms with Crippen molar-refractivity contribution in [2.75, 3.05) is 20.2 Å². The Balaban J connectivity index is 2.38. The summed E-state index contributed by atoms with van der Waals surface area (Å²) in [5.74, 6) is -0.0330. The lowest BCUT2D eigenvalue weighted by Gasteiger charge is -2.11. The fourth-order valence-corrected chi connectivity index (χ4v) is 1.23. The molecular formula is C8H15NO2. The number of ether oxygens (including phenoxy) is 1. The van der Waals surface area contributed by atoms with Crippen LogP contribution in [0, 0.1) is 5.41 Å². The van der Waals surface area contributed by atoms with Gasteiger partial charge in [-0.2, -0.15) is 0 Å². The molecule has 0 aromatic carbocycles. The first-order valence-electron chi connectivity index (χ1n) is 4.07. The lowest BCUT2D eigenvalue weighted by molar-refractivity contribution is -0.149. The van der Waals surface area contributed by atoms with E-state index in [1.54, 1.807) is 0 Å². The van der Waals surface area contributed by atoms with Crippen molar-refractivity contribution in [3.05, 3.63) is 0 Å². The highest BCUT2D eigenvalue weighted by Crippen LogP contribution is 2.45. The lowest BCUT2D eigenvalue weighted by atomic mass is 10.1. The monoisotopic (exact) mass is 157 g/mol. The van der Waals surface area contributed by atoms with Crippen molar-refractivity contribution in [3.8, 4) is 0 Å². The molecule has 3 heteroatoms. The van der Waals surface area contributed by atoms with E-state index in [4.69, 9.17) is 4.74 Å². The van der Waals surface area contributed by atoms with Crippen molar-refractivity contribution in [1.82, 2.24) is 5.32 Å². The van der Waals surface area contributed by atoms with Crippen molar-refractivity contribution in [2.24, 2.45) is 5.41 Å². The molecule has 0 radical (unpaired) electrons. The van der Waals surface area contributed by atoms with Crippen molar-refractivity contribution < 1.29 is 9.53 Å². The molecule has 64 valence electrons. The van der Waals surface area contributed by atoms with E-state index >= 15 is 0 Å². The summed E-state index contributed by atoms with van der Waals surface area (Å²) in [4.78, 5) is 11.3. The maximum Gasteiger partial charge on any atom is 0.313 e. The van der Waals surface area contributed by atoms with Gasteiger partial charge in [-0.1, -0.05) is 0 Å². The number of hydrogen-bond acceptors (Lipinski definition) is 3. The van der Waals surface area contributed by atoms with Crippen LogP contribution in [0.2, 0.25) is 0 Å². The number of carbonyl (C=O) groups excluding carboxylic acids is 1. The first kappa shape index (κ1) is 8.53. The molecule has 0 aliphatic heterocycles. The molecule has 1 aliphatic rings. The van der Waals surface area contributed by atoms with Gasteiger partial charge in [0.05, 0.1) is 12.0 Å². The van der Waals surface area contributed by atoms with Gasteiger partial charge < -0.3 is 10.1 Å². The molecule has 0 atom stereocenters. The average Bonchev–Trinajstić information content (AvgIpc) is 2.71. The molecule has 3 nitrogen and oxygen atoms in total. The van der Waals surface area contributed by atoms with Gasteiger partial charge in [-0.25, -0.2) is 0 Å². The summed E-state index contributed by atoms with van der Waals surface area (Å²) in [6.07, 6.45) is 1.96. The zero-order chi connectivity index (χ0) is 8.32. The first-order chi connectivity index (χ1) is 5.25. The molecule has 0 aromatic heterocycles. The second-order valence-electron chi connectivity index (χ2n) is 3.03. The highest BCUT2D eigenvalue weighted by Gasteiger charge is 2.50. The van der Waals surface area contributed by atoms with Crippen LogP contribution in [-0.4, -0.2) is 26.2 Å². The third-order valence-corrected chi connectivity index (χ3v) is 2.08. The molecule has 0 amide bonds. The minimum atomic E-state index is -0.162. The molecule has 1 fully saturated rings. The van der Waals surface area contributed by atoms with E-state index in [0.717, 1.165) is 19.4 Å².